The summed E-state index contributed by atoms with van der Waals surface area (Å²) >= 11 is 0. The van der Waals surface area contributed by atoms with Gasteiger partial charge >= 0.3 is 7.12 Å². The first-order chi connectivity index (χ1) is 4.57. The maximum Gasteiger partial charge on any atom is 0.472 e. The van der Waals surface area contributed by atoms with Crippen LogP contribution in [0.2, 0.25) is 0 Å². The molecule has 1 amide bonds. The van der Waals surface area contributed by atoms with Gasteiger partial charge in [0, 0.05) is 13.5 Å². The molecule has 2 N–H and O–H groups in total. The lowest BCUT2D eigenvalue weighted by molar-refractivity contribution is -0.129. The van der Waals surface area contributed by atoms with Crippen molar-refractivity contribution in [1.82, 2.24) is 4.90 Å². The molecule has 0 aliphatic heterocycles. The second-order valence-corrected chi connectivity index (χ2v) is 2.11. The third-order valence-electron chi connectivity index (χ3n) is 1.17. The molecule has 0 rings (SSSR count). The smallest absolute Gasteiger partial charge is 0.426 e. The Bertz CT molecular complexity index is 117. The first-order valence-corrected chi connectivity index (χ1v) is 3.18. The van der Waals surface area contributed by atoms with Gasteiger partial charge < -0.3 is 14.9 Å². The van der Waals surface area contributed by atoms with Gasteiger partial charge in [0.2, 0.25) is 5.91 Å². The molecule has 0 spiro atoms. The molecule has 0 radical (unpaired) electrons. The zero-order valence-electron chi connectivity index (χ0n) is 6.24. The van der Waals surface area contributed by atoms with Gasteiger partial charge in [-0.15, -0.1) is 0 Å². The van der Waals surface area contributed by atoms with E-state index in [4.69, 9.17) is 10.0 Å². The Morgan fingerprint density at radius 3 is 2.40 bits per heavy atom. The molecule has 0 aliphatic carbocycles. The summed E-state index contributed by atoms with van der Waals surface area (Å²) in [6, 6.07) is 0. The summed E-state index contributed by atoms with van der Waals surface area (Å²) in [5, 5.41) is 16.9. The fourth-order valence-corrected chi connectivity index (χ4v) is 0.617. The third-order valence-corrected chi connectivity index (χ3v) is 1.17. The first kappa shape index (κ1) is 9.45. The van der Waals surface area contributed by atoms with Crippen molar-refractivity contribution in [3.05, 3.63) is 0 Å². The van der Waals surface area contributed by atoms with Crippen LogP contribution in [0.3, 0.4) is 0 Å². The van der Waals surface area contributed by atoms with E-state index in [-0.39, 0.29) is 12.4 Å². The summed E-state index contributed by atoms with van der Waals surface area (Å²) in [5.41, 5.74) is 0. The van der Waals surface area contributed by atoms with Crippen LogP contribution in [-0.4, -0.2) is 41.5 Å². The largest absolute Gasteiger partial charge is 0.472 e. The van der Waals surface area contributed by atoms with Crippen molar-refractivity contribution >= 4 is 13.0 Å². The van der Waals surface area contributed by atoms with Crippen molar-refractivity contribution in [1.29, 1.82) is 0 Å². The lowest BCUT2D eigenvalue weighted by Crippen LogP contribution is -2.36. The van der Waals surface area contributed by atoms with E-state index in [0.717, 1.165) is 0 Å². The first-order valence-electron chi connectivity index (χ1n) is 3.18. The summed E-state index contributed by atoms with van der Waals surface area (Å²) in [4.78, 5) is 12.0. The molecule has 0 heterocycles. The SMILES string of the molecule is CCC(=O)N(C)CB(O)O. The zero-order valence-corrected chi connectivity index (χ0v) is 6.24. The van der Waals surface area contributed by atoms with Crippen molar-refractivity contribution in [3.8, 4) is 0 Å². The number of carbonyl (C=O) groups is 1. The van der Waals surface area contributed by atoms with E-state index < -0.39 is 7.12 Å². The van der Waals surface area contributed by atoms with Crippen LogP contribution in [0, 0.1) is 0 Å². The van der Waals surface area contributed by atoms with E-state index in [2.05, 4.69) is 0 Å². The molecule has 0 aromatic carbocycles. The molecule has 0 bridgehead atoms. The van der Waals surface area contributed by atoms with Gasteiger partial charge in [-0.05, 0) is 0 Å². The third kappa shape index (κ3) is 3.47. The predicted molar refractivity (Wildman–Crippen MR) is 38.1 cm³/mol. The van der Waals surface area contributed by atoms with Crippen molar-refractivity contribution in [2.24, 2.45) is 0 Å². The summed E-state index contributed by atoms with van der Waals surface area (Å²) < 4.78 is 0. The molecule has 0 fully saturated rings. The molecule has 58 valence electrons. The minimum atomic E-state index is -1.43. The fourth-order valence-electron chi connectivity index (χ4n) is 0.617. The van der Waals surface area contributed by atoms with Crippen molar-refractivity contribution in [2.75, 3.05) is 13.5 Å². The Morgan fingerprint density at radius 2 is 2.10 bits per heavy atom. The molecule has 4 nitrogen and oxygen atoms in total. The molecule has 0 unspecified atom stereocenters. The van der Waals surface area contributed by atoms with Crippen LogP contribution in [0.1, 0.15) is 13.3 Å². The Hall–Kier alpha value is -0.545. The number of nitrogens with zero attached hydrogens (tertiary/aromatic N) is 1. The number of carbonyl (C=O) groups excluding carboxylic acids is 1. The highest BCUT2D eigenvalue weighted by Gasteiger charge is 2.13. The summed E-state index contributed by atoms with van der Waals surface area (Å²) in [7, 11) is 0.103. The van der Waals surface area contributed by atoms with Gasteiger partial charge in [-0.25, -0.2) is 0 Å². The van der Waals surface area contributed by atoms with Crippen molar-refractivity contribution < 1.29 is 14.8 Å². The Labute approximate surface area is 60.6 Å². The van der Waals surface area contributed by atoms with Gasteiger partial charge in [-0.2, -0.15) is 0 Å². The van der Waals surface area contributed by atoms with Crippen molar-refractivity contribution in [2.45, 2.75) is 13.3 Å². The molecule has 5 heteroatoms. The normalized spacial score (nSPS) is 9.20. The molecule has 0 aromatic heterocycles. The van der Waals surface area contributed by atoms with Gasteiger partial charge in [-0.3, -0.25) is 4.79 Å². The molecule has 0 atom stereocenters. The maximum atomic E-state index is 10.8. The average molecular weight is 145 g/mol. The summed E-state index contributed by atoms with van der Waals surface area (Å²) in [6.45, 7) is 1.72. The van der Waals surface area contributed by atoms with Gasteiger partial charge in [0.05, 0.1) is 6.44 Å². The van der Waals surface area contributed by atoms with E-state index in [9.17, 15) is 4.79 Å². The monoisotopic (exact) mass is 145 g/mol. The second-order valence-electron chi connectivity index (χ2n) is 2.11. The summed E-state index contributed by atoms with van der Waals surface area (Å²) in [5.74, 6) is -0.0897. The van der Waals surface area contributed by atoms with Crippen molar-refractivity contribution in [3.63, 3.8) is 0 Å². The molecular formula is C5H12BNO3. The number of rotatable bonds is 3. The topological polar surface area (TPSA) is 60.8 Å². The standard InChI is InChI=1S/C5H12BNO3/c1-3-5(8)7(2)4-6(9)10/h9-10H,3-4H2,1-2H3. The predicted octanol–water partition coefficient (Wildman–Crippen LogP) is -1.13. The maximum absolute atomic E-state index is 10.8. The number of amides is 1. The molecular weight excluding hydrogens is 133 g/mol. The minimum Gasteiger partial charge on any atom is -0.426 e. The van der Waals surface area contributed by atoms with E-state index in [0.29, 0.717) is 6.42 Å². The van der Waals surface area contributed by atoms with Crippen LogP contribution in [-0.2, 0) is 4.79 Å². The highest BCUT2D eigenvalue weighted by molar-refractivity contribution is 6.41. The van der Waals surface area contributed by atoms with Gasteiger partial charge in [0.15, 0.2) is 0 Å². The Morgan fingerprint density at radius 1 is 1.60 bits per heavy atom. The lowest BCUT2D eigenvalue weighted by atomic mass is 9.91. The summed E-state index contributed by atoms with van der Waals surface area (Å²) in [6.07, 6.45) is 0.371. The van der Waals surface area contributed by atoms with Crippen LogP contribution in [0.25, 0.3) is 0 Å². The Kier molecular flexibility index (Phi) is 4.06. The van der Waals surface area contributed by atoms with Gasteiger partial charge in [0.1, 0.15) is 0 Å². The van der Waals surface area contributed by atoms with Crippen LogP contribution in [0.4, 0.5) is 0 Å². The van der Waals surface area contributed by atoms with E-state index >= 15 is 0 Å². The van der Waals surface area contributed by atoms with Crippen LogP contribution < -0.4 is 0 Å². The highest BCUT2D eigenvalue weighted by atomic mass is 16.4. The molecule has 10 heavy (non-hydrogen) atoms. The van der Waals surface area contributed by atoms with E-state index in [1.54, 1.807) is 6.92 Å². The van der Waals surface area contributed by atoms with Gasteiger partial charge in [-0.1, -0.05) is 6.92 Å². The lowest BCUT2D eigenvalue weighted by Gasteiger charge is -2.14. The Balaban J connectivity index is 3.61. The van der Waals surface area contributed by atoms with Gasteiger partial charge in [0.25, 0.3) is 0 Å². The molecule has 0 aliphatic rings. The van der Waals surface area contributed by atoms with E-state index in [1.165, 1.54) is 11.9 Å². The quantitative estimate of drug-likeness (QED) is 0.493. The van der Waals surface area contributed by atoms with E-state index in [1.807, 2.05) is 0 Å². The van der Waals surface area contributed by atoms with Crippen LogP contribution >= 0.6 is 0 Å². The highest BCUT2D eigenvalue weighted by Crippen LogP contribution is 1.88. The average Bonchev–Trinajstić information content (AvgIpc) is 1.85. The second kappa shape index (κ2) is 4.30. The van der Waals surface area contributed by atoms with Crippen LogP contribution in [0.5, 0.6) is 0 Å². The van der Waals surface area contributed by atoms with Crippen LogP contribution in [0.15, 0.2) is 0 Å². The fraction of sp³-hybridized carbons (Fsp3) is 0.800. The molecule has 0 saturated heterocycles. The molecule has 0 saturated carbocycles. The minimum absolute atomic E-state index is 0.0212. The number of hydrogen-bond donors (Lipinski definition) is 2. The zero-order chi connectivity index (χ0) is 8.15. The number of hydrogen-bond acceptors (Lipinski definition) is 3. The molecule has 0 aromatic rings.